The lowest BCUT2D eigenvalue weighted by Gasteiger charge is -2.29. The minimum absolute atomic E-state index is 0.269. The first-order valence-electron chi connectivity index (χ1n) is 10.8. The Kier molecular flexibility index (Phi) is 13.9. The number of nitrogens with zero attached hydrogens (tertiary/aromatic N) is 2. The number of aliphatic hydroxyl groups excluding tert-OH is 3. The molecule has 4 N–H and O–H groups in total. The number of ether oxygens (including phenoxy) is 1. The molecule has 0 spiro atoms. The SMILES string of the molecule is CCCN(CCN(CCNC[C@H](C)O)C[C@H](C)O)C[C@@H](O)COc1ccccc1. The van der Waals surface area contributed by atoms with Crippen molar-refractivity contribution in [3.05, 3.63) is 30.3 Å². The van der Waals surface area contributed by atoms with E-state index in [9.17, 15) is 15.3 Å². The van der Waals surface area contributed by atoms with Gasteiger partial charge in [0.2, 0.25) is 0 Å². The van der Waals surface area contributed by atoms with Gasteiger partial charge in [-0.05, 0) is 38.9 Å². The molecule has 0 saturated carbocycles. The maximum Gasteiger partial charge on any atom is 0.119 e. The molecule has 7 nitrogen and oxygen atoms in total. The van der Waals surface area contributed by atoms with Gasteiger partial charge in [0.25, 0.3) is 0 Å². The van der Waals surface area contributed by atoms with Crippen molar-refractivity contribution < 1.29 is 20.1 Å². The molecule has 1 aromatic carbocycles. The van der Waals surface area contributed by atoms with Crippen LogP contribution < -0.4 is 10.1 Å². The number of aliphatic hydroxyl groups is 3. The Morgan fingerprint density at radius 2 is 1.55 bits per heavy atom. The van der Waals surface area contributed by atoms with E-state index in [0.717, 1.165) is 44.9 Å². The maximum atomic E-state index is 10.4. The van der Waals surface area contributed by atoms with Crippen molar-refractivity contribution in [1.82, 2.24) is 15.1 Å². The Hall–Kier alpha value is -1.22. The van der Waals surface area contributed by atoms with Gasteiger partial charge < -0.3 is 25.4 Å². The van der Waals surface area contributed by atoms with Crippen LogP contribution in [0.15, 0.2) is 30.3 Å². The standard InChI is InChI=1S/C22H41N3O4/c1-4-11-24(17-21(28)18-29-22-8-6-5-7-9-22)13-14-25(16-20(3)27)12-10-23-15-19(2)26/h5-9,19-21,23,26-28H,4,10-18H2,1-3H3/t19-,20-,21+/m0/s1. The van der Waals surface area contributed by atoms with Crippen LogP contribution in [0.3, 0.4) is 0 Å². The topological polar surface area (TPSA) is 88.4 Å². The van der Waals surface area contributed by atoms with E-state index >= 15 is 0 Å². The van der Waals surface area contributed by atoms with Gasteiger partial charge in [-0.15, -0.1) is 0 Å². The highest BCUT2D eigenvalue weighted by Gasteiger charge is 2.15. The van der Waals surface area contributed by atoms with Crippen molar-refractivity contribution in [2.24, 2.45) is 0 Å². The van der Waals surface area contributed by atoms with Gasteiger partial charge in [0.15, 0.2) is 0 Å². The number of rotatable bonds is 17. The summed E-state index contributed by atoms with van der Waals surface area (Å²) in [6, 6.07) is 9.53. The van der Waals surface area contributed by atoms with Gasteiger partial charge in [-0.25, -0.2) is 0 Å². The van der Waals surface area contributed by atoms with Crippen LogP contribution >= 0.6 is 0 Å². The van der Waals surface area contributed by atoms with E-state index in [-0.39, 0.29) is 12.7 Å². The predicted molar refractivity (Wildman–Crippen MR) is 117 cm³/mol. The molecule has 168 valence electrons. The second-order valence-electron chi connectivity index (χ2n) is 7.78. The summed E-state index contributed by atoms with van der Waals surface area (Å²) in [5.41, 5.74) is 0. The van der Waals surface area contributed by atoms with Crippen LogP contribution in [-0.4, -0.2) is 102 Å². The van der Waals surface area contributed by atoms with Crippen molar-refractivity contribution in [3.63, 3.8) is 0 Å². The fraction of sp³-hybridized carbons (Fsp3) is 0.727. The molecule has 7 heteroatoms. The van der Waals surface area contributed by atoms with Crippen LogP contribution in [0, 0.1) is 0 Å². The number of hydrogen-bond donors (Lipinski definition) is 4. The van der Waals surface area contributed by atoms with Crippen LogP contribution in [0.2, 0.25) is 0 Å². The first-order chi connectivity index (χ1) is 13.9. The molecule has 0 aliphatic heterocycles. The van der Waals surface area contributed by atoms with E-state index in [1.54, 1.807) is 13.8 Å². The third-order valence-electron chi connectivity index (χ3n) is 4.49. The summed E-state index contributed by atoms with van der Waals surface area (Å²) >= 11 is 0. The average molecular weight is 412 g/mol. The second-order valence-corrected chi connectivity index (χ2v) is 7.78. The molecule has 0 saturated heterocycles. The van der Waals surface area contributed by atoms with Crippen molar-refractivity contribution in [2.75, 3.05) is 59.0 Å². The summed E-state index contributed by atoms with van der Waals surface area (Å²) < 4.78 is 5.66. The normalized spacial score (nSPS) is 14.9. The lowest BCUT2D eigenvalue weighted by atomic mass is 10.3. The lowest BCUT2D eigenvalue weighted by Crippen LogP contribution is -2.44. The molecule has 0 unspecified atom stereocenters. The molecule has 0 bridgehead atoms. The van der Waals surface area contributed by atoms with Crippen molar-refractivity contribution in [2.45, 2.75) is 45.5 Å². The van der Waals surface area contributed by atoms with Crippen LogP contribution in [0.1, 0.15) is 27.2 Å². The number of nitrogens with one attached hydrogen (secondary N) is 1. The minimum Gasteiger partial charge on any atom is -0.491 e. The molecule has 0 aliphatic carbocycles. The molecule has 0 aliphatic rings. The zero-order chi connectivity index (χ0) is 21.5. The minimum atomic E-state index is -0.556. The molecule has 3 atom stereocenters. The molecule has 1 rings (SSSR count). The van der Waals surface area contributed by atoms with E-state index in [0.29, 0.717) is 19.6 Å². The smallest absolute Gasteiger partial charge is 0.119 e. The lowest BCUT2D eigenvalue weighted by molar-refractivity contribution is 0.0602. The number of hydrogen-bond acceptors (Lipinski definition) is 7. The second kappa shape index (κ2) is 15.6. The molecular weight excluding hydrogens is 370 g/mol. The molecule has 0 heterocycles. The van der Waals surface area contributed by atoms with Gasteiger partial charge in [0.1, 0.15) is 18.5 Å². The van der Waals surface area contributed by atoms with E-state index in [2.05, 4.69) is 22.0 Å². The molecule has 0 fully saturated rings. The number of para-hydroxylation sites is 1. The van der Waals surface area contributed by atoms with Gasteiger partial charge in [-0.3, -0.25) is 9.80 Å². The van der Waals surface area contributed by atoms with Crippen molar-refractivity contribution in [3.8, 4) is 5.75 Å². The Bertz CT molecular complexity index is 502. The highest BCUT2D eigenvalue weighted by atomic mass is 16.5. The van der Waals surface area contributed by atoms with E-state index in [1.165, 1.54) is 0 Å². The summed E-state index contributed by atoms with van der Waals surface area (Å²) in [6.07, 6.45) is -0.297. The highest BCUT2D eigenvalue weighted by molar-refractivity contribution is 5.20. The van der Waals surface area contributed by atoms with E-state index in [1.807, 2.05) is 30.3 Å². The summed E-state index contributed by atoms with van der Waals surface area (Å²) in [5, 5.41) is 32.7. The summed E-state index contributed by atoms with van der Waals surface area (Å²) in [6.45, 7) is 11.8. The average Bonchev–Trinajstić information content (AvgIpc) is 2.68. The zero-order valence-electron chi connectivity index (χ0n) is 18.3. The fourth-order valence-electron chi connectivity index (χ4n) is 3.17. The van der Waals surface area contributed by atoms with Crippen molar-refractivity contribution in [1.29, 1.82) is 0 Å². The highest BCUT2D eigenvalue weighted by Crippen LogP contribution is 2.09. The monoisotopic (exact) mass is 411 g/mol. The zero-order valence-corrected chi connectivity index (χ0v) is 18.3. The van der Waals surface area contributed by atoms with Gasteiger partial charge >= 0.3 is 0 Å². The Morgan fingerprint density at radius 1 is 0.897 bits per heavy atom. The van der Waals surface area contributed by atoms with Gasteiger partial charge in [0.05, 0.1) is 12.2 Å². The van der Waals surface area contributed by atoms with Gasteiger partial charge in [-0.2, -0.15) is 0 Å². The fourth-order valence-corrected chi connectivity index (χ4v) is 3.17. The van der Waals surface area contributed by atoms with E-state index < -0.39 is 12.2 Å². The van der Waals surface area contributed by atoms with Crippen molar-refractivity contribution >= 4 is 0 Å². The molecule has 0 amide bonds. The Labute approximate surface area is 176 Å². The Morgan fingerprint density at radius 3 is 2.14 bits per heavy atom. The van der Waals surface area contributed by atoms with Crippen LogP contribution in [-0.2, 0) is 0 Å². The molecular formula is C22H41N3O4. The first-order valence-corrected chi connectivity index (χ1v) is 10.8. The third kappa shape index (κ3) is 13.6. The molecule has 0 aromatic heterocycles. The molecule has 1 aromatic rings. The van der Waals surface area contributed by atoms with Crippen LogP contribution in [0.25, 0.3) is 0 Å². The number of benzene rings is 1. The predicted octanol–water partition coefficient (Wildman–Crippen LogP) is 0.792. The van der Waals surface area contributed by atoms with Gasteiger partial charge in [0, 0.05) is 45.8 Å². The third-order valence-corrected chi connectivity index (χ3v) is 4.49. The molecule has 0 radical (unpaired) electrons. The first kappa shape index (κ1) is 25.8. The summed E-state index contributed by atoms with van der Waals surface area (Å²) in [7, 11) is 0. The molecule has 29 heavy (non-hydrogen) atoms. The van der Waals surface area contributed by atoms with Crippen LogP contribution in [0.4, 0.5) is 0 Å². The summed E-state index contributed by atoms with van der Waals surface area (Å²) in [5.74, 6) is 0.765. The van der Waals surface area contributed by atoms with Crippen LogP contribution in [0.5, 0.6) is 5.75 Å². The Balaban J connectivity index is 2.42. The van der Waals surface area contributed by atoms with E-state index in [4.69, 9.17) is 4.74 Å². The maximum absolute atomic E-state index is 10.4. The largest absolute Gasteiger partial charge is 0.491 e. The quantitative estimate of drug-likeness (QED) is 0.282. The summed E-state index contributed by atoms with van der Waals surface area (Å²) in [4.78, 5) is 4.46. The van der Waals surface area contributed by atoms with Gasteiger partial charge in [-0.1, -0.05) is 25.1 Å².